The summed E-state index contributed by atoms with van der Waals surface area (Å²) in [5.74, 6) is 0.605. The first kappa shape index (κ1) is 23.7. The van der Waals surface area contributed by atoms with Crippen molar-refractivity contribution in [3.8, 4) is 0 Å². The Hall–Kier alpha value is -2.42. The molecule has 0 fully saturated rings. The quantitative estimate of drug-likeness (QED) is 0.330. The first-order chi connectivity index (χ1) is 15.9. The molecule has 0 amide bonds. The Kier molecular flexibility index (Phi) is 7.07. The van der Waals surface area contributed by atoms with E-state index in [1.807, 2.05) is 55.5 Å². The molecule has 0 aliphatic rings. The fourth-order valence-electron chi connectivity index (χ4n) is 4.13. The van der Waals surface area contributed by atoms with Crippen LogP contribution in [0, 0.1) is 6.92 Å². The zero-order valence-corrected chi connectivity index (χ0v) is 20.1. The minimum absolute atomic E-state index is 0.0728. The highest BCUT2D eigenvalue weighted by molar-refractivity contribution is 8.32. The first-order valence-electron chi connectivity index (χ1n) is 10.8. The van der Waals surface area contributed by atoms with Gasteiger partial charge in [0.05, 0.1) is 18.1 Å². The van der Waals surface area contributed by atoms with Crippen molar-refractivity contribution in [1.29, 1.82) is 0 Å². The van der Waals surface area contributed by atoms with Crippen molar-refractivity contribution in [3.63, 3.8) is 0 Å². The van der Waals surface area contributed by atoms with Crippen LogP contribution in [-0.2, 0) is 19.5 Å². The highest BCUT2D eigenvalue weighted by Crippen LogP contribution is 2.55. The molecule has 33 heavy (non-hydrogen) atoms. The van der Waals surface area contributed by atoms with Crippen LogP contribution in [0.1, 0.15) is 11.1 Å². The van der Waals surface area contributed by atoms with E-state index in [4.69, 9.17) is 3.63 Å². The number of aliphatic hydroxyl groups excluding tert-OH is 2. The maximum atomic E-state index is 13.3. The van der Waals surface area contributed by atoms with Crippen molar-refractivity contribution in [2.24, 2.45) is 0 Å². The van der Waals surface area contributed by atoms with Crippen molar-refractivity contribution < 1.29 is 22.3 Å². The second kappa shape index (κ2) is 9.83. The van der Waals surface area contributed by atoms with Gasteiger partial charge in [-0.2, -0.15) is 8.42 Å². The second-order valence-corrected chi connectivity index (χ2v) is 13.1. The lowest BCUT2D eigenvalue weighted by Gasteiger charge is -2.38. The third-order valence-corrected chi connectivity index (χ3v) is 11.1. The Labute approximate surface area is 196 Å². The van der Waals surface area contributed by atoms with Crippen molar-refractivity contribution in [1.82, 2.24) is 0 Å². The highest BCUT2D eigenvalue weighted by Gasteiger charge is 2.33. The SMILES string of the molecule is Cc1ccc(S(=O)(=O)OS(CCO)(CCO)Cc2c3ccccc3cc3ccccc23)cc1. The monoisotopic (exact) mass is 484 g/mol. The third-order valence-electron chi connectivity index (χ3n) is 5.76. The molecule has 0 saturated heterocycles. The van der Waals surface area contributed by atoms with E-state index in [9.17, 15) is 18.6 Å². The summed E-state index contributed by atoms with van der Waals surface area (Å²) >= 11 is 0. The van der Waals surface area contributed by atoms with Gasteiger partial charge in [0.15, 0.2) is 0 Å². The summed E-state index contributed by atoms with van der Waals surface area (Å²) in [6.45, 7) is 1.42. The average Bonchev–Trinajstić information content (AvgIpc) is 2.79. The van der Waals surface area contributed by atoms with Crippen molar-refractivity contribution >= 4 is 42.0 Å². The molecule has 0 radical (unpaired) electrons. The molecular weight excluding hydrogens is 456 g/mol. The molecule has 0 bridgehead atoms. The Morgan fingerprint density at radius 2 is 1.27 bits per heavy atom. The van der Waals surface area contributed by atoms with E-state index >= 15 is 0 Å². The highest BCUT2D eigenvalue weighted by atomic mass is 32.3. The van der Waals surface area contributed by atoms with Gasteiger partial charge in [0.25, 0.3) is 0 Å². The number of fused-ring (bicyclic) bond motifs is 2. The molecule has 5 nitrogen and oxygen atoms in total. The molecule has 0 heterocycles. The maximum Gasteiger partial charge on any atom is 0.306 e. The molecular formula is C26H28O5S2. The average molecular weight is 485 g/mol. The number of aryl methyl sites for hydroxylation is 1. The van der Waals surface area contributed by atoms with Gasteiger partial charge in [0.2, 0.25) is 0 Å². The van der Waals surface area contributed by atoms with Crippen LogP contribution in [-0.4, -0.2) is 43.4 Å². The second-order valence-electron chi connectivity index (χ2n) is 8.10. The van der Waals surface area contributed by atoms with E-state index in [-0.39, 0.29) is 29.6 Å². The zero-order valence-electron chi connectivity index (χ0n) is 18.5. The topological polar surface area (TPSA) is 83.8 Å². The smallest absolute Gasteiger partial charge is 0.306 e. The molecule has 174 valence electrons. The molecule has 7 heteroatoms. The van der Waals surface area contributed by atoms with Crippen LogP contribution in [0.3, 0.4) is 0 Å². The summed E-state index contributed by atoms with van der Waals surface area (Å²) in [5, 5.41) is 23.9. The van der Waals surface area contributed by atoms with Crippen molar-refractivity contribution in [3.05, 3.63) is 90.0 Å². The lowest BCUT2D eigenvalue weighted by Crippen LogP contribution is -2.23. The van der Waals surface area contributed by atoms with Gasteiger partial charge in [-0.1, -0.05) is 66.2 Å². The largest absolute Gasteiger partial charge is 0.395 e. The van der Waals surface area contributed by atoms with Crippen LogP contribution in [0.4, 0.5) is 0 Å². The van der Waals surface area contributed by atoms with Crippen LogP contribution in [0.25, 0.3) is 21.5 Å². The zero-order chi connectivity index (χ0) is 23.5. The van der Waals surface area contributed by atoms with Crippen molar-refractivity contribution in [2.75, 3.05) is 24.7 Å². The fourth-order valence-corrected chi connectivity index (χ4v) is 9.17. The molecule has 4 rings (SSSR count). The summed E-state index contributed by atoms with van der Waals surface area (Å²) < 4.78 is 32.5. The Morgan fingerprint density at radius 1 is 0.758 bits per heavy atom. The molecule has 2 N–H and O–H groups in total. The minimum atomic E-state index is -4.09. The van der Waals surface area contributed by atoms with Crippen LogP contribution < -0.4 is 0 Å². The van der Waals surface area contributed by atoms with E-state index in [1.54, 1.807) is 12.1 Å². The van der Waals surface area contributed by atoms with Gasteiger partial charge in [-0.05, 0) is 52.2 Å². The predicted molar refractivity (Wildman–Crippen MR) is 136 cm³/mol. The number of hydrogen-bond donors (Lipinski definition) is 2. The fraction of sp³-hybridized carbons (Fsp3) is 0.231. The van der Waals surface area contributed by atoms with Gasteiger partial charge < -0.3 is 10.2 Å². The molecule has 0 aromatic heterocycles. The molecule has 0 saturated carbocycles. The van der Waals surface area contributed by atoms with E-state index in [0.717, 1.165) is 32.7 Å². The van der Waals surface area contributed by atoms with Crippen LogP contribution in [0.5, 0.6) is 0 Å². The maximum absolute atomic E-state index is 13.3. The summed E-state index contributed by atoms with van der Waals surface area (Å²) in [6.07, 6.45) is 0. The van der Waals surface area contributed by atoms with Crippen LogP contribution in [0.2, 0.25) is 0 Å². The molecule has 4 aromatic rings. The van der Waals surface area contributed by atoms with Crippen LogP contribution in [0.15, 0.2) is 83.8 Å². The van der Waals surface area contributed by atoms with Gasteiger partial charge in [0, 0.05) is 17.3 Å². The first-order valence-corrected chi connectivity index (χ1v) is 14.2. The Morgan fingerprint density at radius 3 is 1.79 bits per heavy atom. The standard InChI is InChI=1S/C26H28O5S2/c1-20-10-12-23(13-11-20)33(29,30)31-32(16-14-27,17-15-28)19-26-24-8-4-2-6-21(24)18-22-7-3-5-9-25(22)26/h2-13,18,27-28H,14-17,19H2,1H3. The van der Waals surface area contributed by atoms with Gasteiger partial charge >= 0.3 is 10.1 Å². The molecule has 0 spiro atoms. The van der Waals surface area contributed by atoms with Gasteiger partial charge in [-0.15, -0.1) is 10.3 Å². The summed E-state index contributed by atoms with van der Waals surface area (Å²) in [7, 11) is -6.53. The normalized spacial score (nSPS) is 12.9. The molecule has 4 aromatic carbocycles. The number of hydrogen-bond acceptors (Lipinski definition) is 5. The number of aliphatic hydroxyl groups is 2. The summed E-state index contributed by atoms with van der Waals surface area (Å²) in [4.78, 5) is 0.0728. The van der Waals surface area contributed by atoms with E-state index in [1.165, 1.54) is 12.1 Å². The lowest BCUT2D eigenvalue weighted by atomic mass is 9.98. The van der Waals surface area contributed by atoms with Crippen molar-refractivity contribution in [2.45, 2.75) is 17.6 Å². The molecule has 0 aliphatic carbocycles. The Balaban J connectivity index is 1.86. The number of rotatable bonds is 9. The van der Waals surface area contributed by atoms with Gasteiger partial charge in [-0.25, -0.2) is 3.63 Å². The summed E-state index contributed by atoms with van der Waals surface area (Å²) in [5.41, 5.74) is 1.92. The molecule has 0 aliphatic heterocycles. The Bertz CT molecular complexity index is 1300. The number of benzene rings is 4. The predicted octanol–water partition coefficient (Wildman–Crippen LogP) is 4.91. The van der Waals surface area contributed by atoms with E-state index in [2.05, 4.69) is 6.07 Å². The molecule has 0 atom stereocenters. The third kappa shape index (κ3) is 5.08. The minimum Gasteiger partial charge on any atom is -0.395 e. The summed E-state index contributed by atoms with van der Waals surface area (Å²) in [6, 6.07) is 24.6. The van der Waals surface area contributed by atoms with Gasteiger partial charge in [-0.3, -0.25) is 0 Å². The van der Waals surface area contributed by atoms with E-state index in [0.29, 0.717) is 5.75 Å². The van der Waals surface area contributed by atoms with Crippen LogP contribution >= 0.6 is 10.3 Å². The van der Waals surface area contributed by atoms with Gasteiger partial charge in [0.1, 0.15) is 0 Å². The lowest BCUT2D eigenvalue weighted by molar-refractivity contribution is 0.312. The molecule has 0 unspecified atom stereocenters. The van der Waals surface area contributed by atoms with E-state index < -0.39 is 20.4 Å².